The summed E-state index contributed by atoms with van der Waals surface area (Å²) in [4.78, 5) is 0. The van der Waals surface area contributed by atoms with E-state index in [0.717, 1.165) is 19.3 Å². The molecule has 0 radical (unpaired) electrons. The first-order valence-corrected chi connectivity index (χ1v) is 16.9. The van der Waals surface area contributed by atoms with E-state index in [-0.39, 0.29) is 47.7 Å². The standard InChI is InChI=1S/C24H44O8SSi/c1-15(2)21-23(6,31-33(25,26)30-21)17-13-24(32-34(8,9)22(3,4)5)12-16-18(29-24)10-11-19(20(16)17)28-14-27-7/h15-21H,10-14H2,1-9H3/t16-,17+,18-,19+,20+,21?,23?,24+/m0/s1. The maximum absolute atomic E-state index is 12.6. The summed E-state index contributed by atoms with van der Waals surface area (Å²) in [6, 6.07) is 0. The Morgan fingerprint density at radius 2 is 1.82 bits per heavy atom. The molecule has 0 N–H and O–H groups in total. The first kappa shape index (κ1) is 27.0. The molecule has 2 aliphatic carbocycles. The van der Waals surface area contributed by atoms with Crippen LogP contribution in [0.15, 0.2) is 0 Å². The number of hydrogen-bond acceptors (Lipinski definition) is 8. The Morgan fingerprint density at radius 1 is 1.15 bits per heavy atom. The number of ether oxygens (including phenoxy) is 3. The molecule has 34 heavy (non-hydrogen) atoms. The Kier molecular flexibility index (Phi) is 6.94. The lowest BCUT2D eigenvalue weighted by Gasteiger charge is -2.53. The molecule has 4 fully saturated rings. The Balaban J connectivity index is 1.77. The minimum Gasteiger partial charge on any atom is -0.390 e. The molecule has 2 unspecified atom stereocenters. The summed E-state index contributed by atoms with van der Waals surface area (Å²) in [5, 5.41) is 0.0238. The van der Waals surface area contributed by atoms with Crippen molar-refractivity contribution in [3.63, 3.8) is 0 Å². The monoisotopic (exact) mass is 520 g/mol. The van der Waals surface area contributed by atoms with Gasteiger partial charge in [-0.3, -0.25) is 0 Å². The maximum Gasteiger partial charge on any atom is 0.400 e. The fourth-order valence-electron chi connectivity index (χ4n) is 6.73. The third kappa shape index (κ3) is 4.55. The topological polar surface area (TPSA) is 89.5 Å². The highest BCUT2D eigenvalue weighted by molar-refractivity contribution is 7.82. The number of fused-ring (bicyclic) bond motifs is 1. The Bertz CT molecular complexity index is 871. The van der Waals surface area contributed by atoms with Gasteiger partial charge in [0.2, 0.25) is 0 Å². The van der Waals surface area contributed by atoms with Gasteiger partial charge in [0, 0.05) is 25.9 Å². The largest absolute Gasteiger partial charge is 0.400 e. The van der Waals surface area contributed by atoms with Gasteiger partial charge in [-0.15, -0.1) is 0 Å². The molecule has 198 valence electrons. The van der Waals surface area contributed by atoms with Crippen molar-refractivity contribution in [1.82, 2.24) is 0 Å². The molecule has 0 amide bonds. The lowest BCUT2D eigenvalue weighted by Crippen LogP contribution is -2.60. The molecule has 8 nitrogen and oxygen atoms in total. The van der Waals surface area contributed by atoms with Gasteiger partial charge >= 0.3 is 10.4 Å². The minimum absolute atomic E-state index is 0.0238. The van der Waals surface area contributed by atoms with Crippen LogP contribution in [0.3, 0.4) is 0 Å². The van der Waals surface area contributed by atoms with Gasteiger partial charge in [0.1, 0.15) is 18.5 Å². The molecule has 2 saturated heterocycles. The summed E-state index contributed by atoms with van der Waals surface area (Å²) >= 11 is 0. The van der Waals surface area contributed by atoms with Crippen LogP contribution >= 0.6 is 0 Å². The van der Waals surface area contributed by atoms with Crippen molar-refractivity contribution < 1.29 is 35.4 Å². The van der Waals surface area contributed by atoms with Crippen molar-refractivity contribution in [1.29, 1.82) is 0 Å². The van der Waals surface area contributed by atoms with E-state index in [1.165, 1.54) is 0 Å². The molecule has 4 rings (SSSR count). The van der Waals surface area contributed by atoms with Gasteiger partial charge in [-0.25, -0.2) is 8.37 Å². The molecule has 10 heteroatoms. The average molecular weight is 521 g/mol. The van der Waals surface area contributed by atoms with Crippen molar-refractivity contribution in [3.05, 3.63) is 0 Å². The van der Waals surface area contributed by atoms with Crippen molar-refractivity contribution in [2.24, 2.45) is 23.7 Å². The molecule has 0 aromatic heterocycles. The Labute approximate surface area is 206 Å². The first-order chi connectivity index (χ1) is 15.5. The van der Waals surface area contributed by atoms with Crippen LogP contribution in [0.4, 0.5) is 0 Å². The normalized spacial score (nSPS) is 44.1. The van der Waals surface area contributed by atoms with Gasteiger partial charge in [-0.05, 0) is 55.7 Å². The van der Waals surface area contributed by atoms with E-state index in [0.29, 0.717) is 6.42 Å². The molecule has 2 aliphatic heterocycles. The number of methoxy groups -OCH3 is 1. The predicted octanol–water partition coefficient (Wildman–Crippen LogP) is 4.60. The number of rotatable bonds is 7. The van der Waals surface area contributed by atoms with Crippen LogP contribution in [0.5, 0.6) is 0 Å². The van der Waals surface area contributed by atoms with E-state index in [9.17, 15) is 8.42 Å². The highest BCUT2D eigenvalue weighted by Crippen LogP contribution is 2.62. The summed E-state index contributed by atoms with van der Waals surface area (Å²) in [7, 11) is -4.64. The lowest BCUT2D eigenvalue weighted by molar-refractivity contribution is -0.206. The average Bonchev–Trinajstić information content (AvgIpc) is 3.15. The molecular formula is C24H44O8SSi. The zero-order valence-corrected chi connectivity index (χ0v) is 24.1. The fraction of sp³-hybridized carbons (Fsp3) is 1.00. The lowest BCUT2D eigenvalue weighted by atomic mass is 9.58. The molecule has 0 aromatic carbocycles. The van der Waals surface area contributed by atoms with Crippen LogP contribution in [-0.4, -0.2) is 60.3 Å². The van der Waals surface area contributed by atoms with Crippen LogP contribution in [0.25, 0.3) is 0 Å². The van der Waals surface area contributed by atoms with E-state index >= 15 is 0 Å². The van der Waals surface area contributed by atoms with Gasteiger partial charge in [0.15, 0.2) is 14.1 Å². The second-order valence-corrected chi connectivity index (χ2v) is 18.7. The van der Waals surface area contributed by atoms with Crippen molar-refractivity contribution in [2.75, 3.05) is 13.9 Å². The molecule has 0 aromatic rings. The minimum atomic E-state index is -4.09. The number of hydrogen-bond donors (Lipinski definition) is 0. The third-order valence-electron chi connectivity index (χ3n) is 9.10. The smallest absolute Gasteiger partial charge is 0.390 e. The van der Waals surface area contributed by atoms with Crippen LogP contribution in [-0.2, 0) is 37.4 Å². The molecule has 2 saturated carbocycles. The summed E-state index contributed by atoms with van der Waals surface area (Å²) < 4.78 is 61.8. The van der Waals surface area contributed by atoms with Crippen LogP contribution in [0.2, 0.25) is 18.1 Å². The second-order valence-electron chi connectivity index (χ2n) is 12.8. The summed E-state index contributed by atoms with van der Waals surface area (Å²) in [6.45, 7) is 17.2. The molecule has 2 heterocycles. The van der Waals surface area contributed by atoms with Crippen LogP contribution in [0, 0.1) is 23.7 Å². The van der Waals surface area contributed by atoms with Crippen molar-refractivity contribution in [3.8, 4) is 0 Å². The highest BCUT2D eigenvalue weighted by Gasteiger charge is 2.69. The van der Waals surface area contributed by atoms with Gasteiger partial charge in [-0.2, -0.15) is 8.42 Å². The van der Waals surface area contributed by atoms with Crippen LogP contribution < -0.4 is 0 Å². The molecule has 2 bridgehead atoms. The summed E-state index contributed by atoms with van der Waals surface area (Å²) in [5.74, 6) is -0.687. The second kappa shape index (κ2) is 8.75. The fourth-order valence-corrected chi connectivity index (χ4v) is 9.55. The first-order valence-electron chi connectivity index (χ1n) is 12.7. The van der Waals surface area contributed by atoms with E-state index in [1.54, 1.807) is 7.11 Å². The van der Waals surface area contributed by atoms with E-state index in [2.05, 4.69) is 33.9 Å². The highest BCUT2D eigenvalue weighted by atomic mass is 32.3. The quantitative estimate of drug-likeness (QED) is 0.355. The predicted molar refractivity (Wildman–Crippen MR) is 130 cm³/mol. The SMILES string of the molecule is COCO[C@@H]1CC[C@@H]2O[C@@]3(O[Si](C)(C)C(C)(C)C)C[C@@H]2[C@@H]1[C@H](C1(C)OS(=O)(=O)OC1C(C)C)C3. The summed E-state index contributed by atoms with van der Waals surface area (Å²) in [6.07, 6.45) is 2.51. The molecule has 0 spiro atoms. The zero-order valence-electron chi connectivity index (χ0n) is 22.3. The summed E-state index contributed by atoms with van der Waals surface area (Å²) in [5.41, 5.74) is -1.04. The molecule has 8 atom stereocenters. The maximum atomic E-state index is 12.6. The third-order valence-corrected chi connectivity index (χ3v) is 14.6. The van der Waals surface area contributed by atoms with Crippen molar-refractivity contribution in [2.45, 2.75) is 115 Å². The van der Waals surface area contributed by atoms with Gasteiger partial charge < -0.3 is 18.6 Å². The van der Waals surface area contributed by atoms with Gasteiger partial charge in [0.25, 0.3) is 0 Å². The van der Waals surface area contributed by atoms with E-state index in [1.807, 2.05) is 20.8 Å². The van der Waals surface area contributed by atoms with Crippen molar-refractivity contribution >= 4 is 18.7 Å². The van der Waals surface area contributed by atoms with E-state index in [4.69, 9.17) is 27.0 Å². The Morgan fingerprint density at radius 3 is 2.41 bits per heavy atom. The van der Waals surface area contributed by atoms with E-state index < -0.39 is 36.2 Å². The van der Waals surface area contributed by atoms with Crippen LogP contribution in [0.1, 0.15) is 67.2 Å². The Hall–Kier alpha value is -0.0731. The van der Waals surface area contributed by atoms with Gasteiger partial charge in [-0.1, -0.05) is 34.6 Å². The molecule has 4 aliphatic rings. The zero-order chi connectivity index (χ0) is 25.3. The molecular weight excluding hydrogens is 476 g/mol. The van der Waals surface area contributed by atoms with Gasteiger partial charge in [0.05, 0.1) is 12.2 Å².